The highest BCUT2D eigenvalue weighted by molar-refractivity contribution is 6.33. The molecule has 1 aromatic carbocycles. The number of carbonyl (C=O) groups excluding carboxylic acids is 1. The highest BCUT2D eigenvalue weighted by Gasteiger charge is 2.30. The molecule has 0 saturated carbocycles. The van der Waals surface area contributed by atoms with E-state index in [2.05, 4.69) is 0 Å². The molecule has 1 amide bonds. The summed E-state index contributed by atoms with van der Waals surface area (Å²) in [5.74, 6) is -0.370. The average Bonchev–Trinajstić information content (AvgIpc) is 2.86. The van der Waals surface area contributed by atoms with Crippen LogP contribution in [0, 0.1) is 10.1 Å². The quantitative estimate of drug-likeness (QED) is 0.678. The summed E-state index contributed by atoms with van der Waals surface area (Å²) in [6.45, 7) is 0.418. The van der Waals surface area contributed by atoms with Gasteiger partial charge in [0, 0.05) is 18.7 Å². The van der Waals surface area contributed by atoms with E-state index in [9.17, 15) is 20.0 Å². The van der Waals surface area contributed by atoms with E-state index < -0.39 is 4.92 Å². The Morgan fingerprint density at radius 1 is 1.58 bits per heavy atom. The van der Waals surface area contributed by atoms with Crippen LogP contribution in [0.4, 0.5) is 5.69 Å². The lowest BCUT2D eigenvalue weighted by Gasteiger charge is -2.23. The Morgan fingerprint density at radius 2 is 2.32 bits per heavy atom. The number of aliphatic hydroxyl groups is 1. The second-order valence-electron chi connectivity index (χ2n) is 4.40. The fourth-order valence-corrected chi connectivity index (χ4v) is 2.44. The molecule has 1 aliphatic rings. The van der Waals surface area contributed by atoms with E-state index in [1.807, 2.05) is 0 Å². The third-order valence-corrected chi connectivity index (χ3v) is 3.57. The molecular weight excluding hydrogens is 272 g/mol. The van der Waals surface area contributed by atoms with Gasteiger partial charge in [0.1, 0.15) is 0 Å². The molecule has 0 radical (unpaired) electrons. The van der Waals surface area contributed by atoms with E-state index in [-0.39, 0.29) is 34.8 Å². The minimum Gasteiger partial charge on any atom is -0.394 e. The first kappa shape index (κ1) is 13.8. The zero-order valence-electron chi connectivity index (χ0n) is 10.1. The van der Waals surface area contributed by atoms with Crippen molar-refractivity contribution in [3.8, 4) is 0 Å². The third-order valence-electron chi connectivity index (χ3n) is 3.24. The van der Waals surface area contributed by atoms with Crippen LogP contribution in [-0.2, 0) is 0 Å². The van der Waals surface area contributed by atoms with Crippen molar-refractivity contribution in [3.05, 3.63) is 38.9 Å². The number of amides is 1. The lowest BCUT2D eigenvalue weighted by molar-refractivity contribution is -0.384. The van der Waals surface area contributed by atoms with E-state index in [0.717, 1.165) is 12.8 Å². The van der Waals surface area contributed by atoms with Gasteiger partial charge in [-0.3, -0.25) is 14.9 Å². The monoisotopic (exact) mass is 284 g/mol. The predicted octanol–water partition coefficient (Wildman–Crippen LogP) is 1.85. The average molecular weight is 285 g/mol. The number of halogens is 1. The van der Waals surface area contributed by atoms with Crippen LogP contribution in [0.5, 0.6) is 0 Å². The fraction of sp³-hybridized carbons (Fsp3) is 0.417. The Bertz CT molecular complexity index is 520. The van der Waals surface area contributed by atoms with Crippen LogP contribution in [-0.4, -0.2) is 40.0 Å². The predicted molar refractivity (Wildman–Crippen MR) is 69.3 cm³/mol. The maximum absolute atomic E-state index is 12.3. The van der Waals surface area contributed by atoms with E-state index >= 15 is 0 Å². The number of hydrogen-bond acceptors (Lipinski definition) is 4. The van der Waals surface area contributed by atoms with E-state index in [4.69, 9.17) is 11.6 Å². The minimum absolute atomic E-state index is 0.108. The zero-order valence-corrected chi connectivity index (χ0v) is 10.8. The van der Waals surface area contributed by atoms with E-state index in [1.165, 1.54) is 23.1 Å². The van der Waals surface area contributed by atoms with Crippen molar-refractivity contribution >= 4 is 23.2 Å². The van der Waals surface area contributed by atoms with Gasteiger partial charge in [-0.2, -0.15) is 0 Å². The Morgan fingerprint density at radius 3 is 2.95 bits per heavy atom. The standard InChI is InChI=1S/C12H13ClN2O4/c13-11-4-3-8(15(18)19)6-10(11)12(17)14-5-1-2-9(14)7-16/h3-4,6,9,16H,1-2,5,7H2. The molecule has 1 saturated heterocycles. The van der Waals surface area contributed by atoms with Crippen LogP contribution >= 0.6 is 11.6 Å². The van der Waals surface area contributed by atoms with Gasteiger partial charge in [0.25, 0.3) is 11.6 Å². The molecular formula is C12H13ClN2O4. The van der Waals surface area contributed by atoms with Crippen molar-refractivity contribution < 1.29 is 14.8 Å². The highest BCUT2D eigenvalue weighted by atomic mass is 35.5. The first-order chi connectivity index (χ1) is 9.04. The van der Waals surface area contributed by atoms with Crippen molar-refractivity contribution in [2.24, 2.45) is 0 Å². The topological polar surface area (TPSA) is 83.7 Å². The summed E-state index contributed by atoms with van der Waals surface area (Å²) < 4.78 is 0. The summed E-state index contributed by atoms with van der Waals surface area (Å²) in [6.07, 6.45) is 1.54. The van der Waals surface area contributed by atoms with Crippen LogP contribution in [0.15, 0.2) is 18.2 Å². The smallest absolute Gasteiger partial charge is 0.270 e. The molecule has 6 nitrogen and oxygen atoms in total. The van der Waals surface area contributed by atoms with Gasteiger partial charge >= 0.3 is 0 Å². The van der Waals surface area contributed by atoms with Crippen LogP contribution in [0.2, 0.25) is 5.02 Å². The van der Waals surface area contributed by atoms with E-state index in [0.29, 0.717) is 6.54 Å². The molecule has 7 heteroatoms. The molecule has 0 aromatic heterocycles. The molecule has 1 atom stereocenters. The van der Waals surface area contributed by atoms with Crippen LogP contribution in [0.25, 0.3) is 0 Å². The second-order valence-corrected chi connectivity index (χ2v) is 4.81. The summed E-state index contributed by atoms with van der Waals surface area (Å²) in [4.78, 5) is 24.0. The zero-order chi connectivity index (χ0) is 14.0. The maximum atomic E-state index is 12.3. The molecule has 1 fully saturated rings. The minimum atomic E-state index is -0.569. The van der Waals surface area contributed by atoms with Crippen molar-refractivity contribution in [1.29, 1.82) is 0 Å². The van der Waals surface area contributed by atoms with Crippen molar-refractivity contribution in [3.63, 3.8) is 0 Å². The van der Waals surface area contributed by atoms with Gasteiger partial charge in [-0.05, 0) is 18.9 Å². The maximum Gasteiger partial charge on any atom is 0.270 e. The molecule has 19 heavy (non-hydrogen) atoms. The Balaban J connectivity index is 2.32. The number of hydrogen-bond donors (Lipinski definition) is 1. The lowest BCUT2D eigenvalue weighted by atomic mass is 10.1. The van der Waals surface area contributed by atoms with Gasteiger partial charge in [-0.1, -0.05) is 11.6 Å². The molecule has 2 rings (SSSR count). The number of nitro benzene ring substituents is 1. The Labute approximate surface area is 114 Å². The van der Waals surface area contributed by atoms with Crippen molar-refractivity contribution in [2.45, 2.75) is 18.9 Å². The van der Waals surface area contributed by atoms with Gasteiger partial charge in [-0.25, -0.2) is 0 Å². The molecule has 0 bridgehead atoms. The summed E-state index contributed by atoms with van der Waals surface area (Å²) >= 11 is 5.93. The summed E-state index contributed by atoms with van der Waals surface area (Å²) in [5.41, 5.74) is -0.0660. The van der Waals surface area contributed by atoms with Crippen molar-refractivity contribution in [1.82, 2.24) is 4.90 Å². The SMILES string of the molecule is O=C(c1cc([N+](=O)[O-])ccc1Cl)N1CCCC1CO. The highest BCUT2D eigenvalue weighted by Crippen LogP contribution is 2.26. The second kappa shape index (κ2) is 5.54. The fourth-order valence-electron chi connectivity index (χ4n) is 2.24. The number of non-ortho nitro benzene ring substituents is 1. The molecule has 1 heterocycles. The number of nitro groups is 1. The third kappa shape index (κ3) is 2.69. The number of likely N-dealkylation sites (tertiary alicyclic amines) is 1. The normalized spacial score (nSPS) is 18.6. The van der Waals surface area contributed by atoms with E-state index in [1.54, 1.807) is 0 Å². The molecule has 1 unspecified atom stereocenters. The summed E-state index contributed by atoms with van der Waals surface area (Å²) in [7, 11) is 0. The summed E-state index contributed by atoms with van der Waals surface area (Å²) in [5, 5.41) is 20.1. The van der Waals surface area contributed by atoms with Crippen LogP contribution in [0.1, 0.15) is 23.2 Å². The van der Waals surface area contributed by atoms with Gasteiger partial charge in [-0.15, -0.1) is 0 Å². The number of benzene rings is 1. The van der Waals surface area contributed by atoms with Gasteiger partial charge in [0.2, 0.25) is 0 Å². The van der Waals surface area contributed by atoms with Gasteiger partial charge in [0.15, 0.2) is 0 Å². The number of rotatable bonds is 3. The summed E-state index contributed by atoms with van der Waals surface area (Å²) in [6, 6.07) is 3.55. The molecule has 0 spiro atoms. The number of nitrogens with zero attached hydrogens (tertiary/aromatic N) is 2. The van der Waals surface area contributed by atoms with Gasteiger partial charge < -0.3 is 10.0 Å². The Kier molecular flexibility index (Phi) is 4.01. The first-order valence-electron chi connectivity index (χ1n) is 5.90. The van der Waals surface area contributed by atoms with Crippen LogP contribution in [0.3, 0.4) is 0 Å². The largest absolute Gasteiger partial charge is 0.394 e. The molecule has 1 aliphatic heterocycles. The first-order valence-corrected chi connectivity index (χ1v) is 6.28. The molecule has 0 aliphatic carbocycles. The molecule has 102 valence electrons. The lowest BCUT2D eigenvalue weighted by Crippen LogP contribution is -2.37. The molecule has 1 N–H and O–H groups in total. The number of aliphatic hydroxyl groups excluding tert-OH is 1. The number of carbonyl (C=O) groups is 1. The van der Waals surface area contributed by atoms with Gasteiger partial charge in [0.05, 0.1) is 28.2 Å². The van der Waals surface area contributed by atoms with Crippen molar-refractivity contribution in [2.75, 3.05) is 13.2 Å². The molecule has 1 aromatic rings. The van der Waals surface area contributed by atoms with Crippen LogP contribution < -0.4 is 0 Å². The Hall–Kier alpha value is -1.66.